The Morgan fingerprint density at radius 1 is 0.889 bits per heavy atom. The summed E-state index contributed by atoms with van der Waals surface area (Å²) in [7, 11) is 14.0. The van der Waals surface area contributed by atoms with Gasteiger partial charge in [0.1, 0.15) is 0 Å². The average Bonchev–Trinajstić information content (AvgIpc) is 2.67. The van der Waals surface area contributed by atoms with E-state index in [9.17, 15) is 0 Å². The first kappa shape index (κ1) is 20.7. The van der Waals surface area contributed by atoms with Gasteiger partial charge < -0.3 is 0 Å². The molecule has 0 bridgehead atoms. The van der Waals surface area contributed by atoms with E-state index in [4.69, 9.17) is 24.1 Å². The molecule has 0 unspecified atom stereocenters. The molecule has 1 aliphatic heterocycles. The van der Waals surface area contributed by atoms with Crippen molar-refractivity contribution in [2.24, 2.45) is 0 Å². The Morgan fingerprint density at radius 2 is 1.33 bits per heavy atom. The molecule has 1 fully saturated rings. The van der Waals surface area contributed by atoms with Crippen LogP contribution in [0.4, 0.5) is 11.4 Å². The molecule has 0 saturated carbocycles. The first-order valence-corrected chi connectivity index (χ1v) is 15.4. The van der Waals surface area contributed by atoms with Gasteiger partial charge in [0.05, 0.1) is 0 Å². The van der Waals surface area contributed by atoms with Gasteiger partial charge >= 0.3 is 173 Å². The Kier molecular flexibility index (Phi) is 6.86. The molecule has 0 aromatic heterocycles. The molecule has 0 N–H and O–H groups in total. The van der Waals surface area contributed by atoms with Gasteiger partial charge in [-0.15, -0.1) is 0 Å². The van der Waals surface area contributed by atoms with Crippen LogP contribution in [-0.4, -0.2) is 28.8 Å². The Balaban J connectivity index is 2.17. The summed E-state index contributed by atoms with van der Waals surface area (Å²) in [5, 5.41) is 0. The van der Waals surface area contributed by atoms with E-state index < -0.39 is 11.9 Å². The second-order valence-corrected chi connectivity index (χ2v) is 15.7. The van der Waals surface area contributed by atoms with Gasteiger partial charge in [-0.05, 0) is 0 Å². The number of nitrogens with zero attached hydrogens (tertiary/aromatic N) is 2. The first-order valence-electron chi connectivity index (χ1n) is 9.05. The van der Waals surface area contributed by atoms with Crippen LogP contribution in [0.15, 0.2) is 48.5 Å². The molecular formula is C21H26Cl2N2ORu. The summed E-state index contributed by atoms with van der Waals surface area (Å²) in [5.41, 5.74) is 4.70. The third-order valence-electron chi connectivity index (χ3n) is 4.43. The van der Waals surface area contributed by atoms with Crippen LogP contribution >= 0.6 is 19.4 Å². The zero-order chi connectivity index (χ0) is 19.4. The van der Waals surface area contributed by atoms with Crippen LogP contribution in [0.25, 0.3) is 0 Å². The molecule has 0 radical (unpaired) electrons. The fourth-order valence-electron chi connectivity index (χ4n) is 3.05. The molecule has 2 aromatic rings. The molecule has 1 heterocycles. The third-order valence-corrected chi connectivity index (χ3v) is 9.37. The molecule has 0 amide bonds. The van der Waals surface area contributed by atoms with Gasteiger partial charge in [0.15, 0.2) is 0 Å². The Bertz CT molecular complexity index is 837. The number of halogens is 2. The first-order chi connectivity index (χ1) is 12.9. The molecular weight excluding hydrogens is 468 g/mol. The predicted molar refractivity (Wildman–Crippen MR) is 116 cm³/mol. The molecule has 0 spiro atoms. The van der Waals surface area contributed by atoms with Crippen molar-refractivity contribution >= 4 is 39.9 Å². The summed E-state index contributed by atoms with van der Waals surface area (Å²) in [6, 6.07) is 17.0. The van der Waals surface area contributed by atoms with Crippen molar-refractivity contribution in [2.75, 3.05) is 29.5 Å². The van der Waals surface area contributed by atoms with Gasteiger partial charge in [-0.1, -0.05) is 0 Å². The van der Waals surface area contributed by atoms with E-state index in [2.05, 4.69) is 72.2 Å². The van der Waals surface area contributed by atoms with Crippen LogP contribution < -0.4 is 9.80 Å². The van der Waals surface area contributed by atoms with E-state index >= 15 is 0 Å². The number of rotatable bonds is 4. The van der Waals surface area contributed by atoms with Gasteiger partial charge in [-0.3, -0.25) is 0 Å². The van der Waals surface area contributed by atoms with Crippen LogP contribution in [0.1, 0.15) is 24.5 Å². The standard InChI is InChI=1S/C18H20N2.C3H6O.2ClH.Ru/c1-15-4-8-17(9-5-15)19-12-3-13-20(14-19)18-10-6-16(2)7-11-18;1-3-4-2;;;/h4-11H,3,12-13H2,1-2H3;2H,3H2,1H3;2*1H;/q;;;;+2/p-2. The van der Waals surface area contributed by atoms with Crippen molar-refractivity contribution in [2.45, 2.75) is 27.2 Å². The van der Waals surface area contributed by atoms with Gasteiger partial charge in [0, 0.05) is 0 Å². The summed E-state index contributed by atoms with van der Waals surface area (Å²) in [4.78, 5) is 6.23. The normalized spacial score (nSPS) is 15.8. The maximum absolute atomic E-state index is 6.98. The fourth-order valence-corrected chi connectivity index (χ4v) is 8.21. The number of hydrogen-bond donors (Lipinski definition) is 0. The summed E-state index contributed by atoms with van der Waals surface area (Å²) >= 11 is -3.36. The Morgan fingerprint density at radius 3 is 1.74 bits per heavy atom. The number of aryl methyl sites for hydroxylation is 2. The van der Waals surface area contributed by atoms with E-state index in [0.717, 1.165) is 35.2 Å². The monoisotopic (exact) mass is 494 g/mol. The van der Waals surface area contributed by atoms with Crippen molar-refractivity contribution in [3.05, 3.63) is 59.7 Å². The van der Waals surface area contributed by atoms with Crippen molar-refractivity contribution in [1.82, 2.24) is 0 Å². The van der Waals surface area contributed by atoms with Gasteiger partial charge in [0.25, 0.3) is 0 Å². The van der Waals surface area contributed by atoms with Crippen molar-refractivity contribution in [1.29, 1.82) is 0 Å². The Hall–Kier alpha value is -1.06. The number of anilines is 2. The zero-order valence-electron chi connectivity index (χ0n) is 15.9. The molecule has 0 atom stereocenters. The molecule has 2 aromatic carbocycles. The molecule has 27 heavy (non-hydrogen) atoms. The third kappa shape index (κ3) is 4.87. The van der Waals surface area contributed by atoms with Crippen LogP contribution in [0.3, 0.4) is 0 Å². The topological polar surface area (TPSA) is 15.7 Å². The fraction of sp³-hybridized carbons (Fsp3) is 0.333. The predicted octanol–water partition coefficient (Wildman–Crippen LogP) is 5.37. The van der Waals surface area contributed by atoms with E-state index in [1.807, 2.05) is 6.92 Å². The number of hydrogen-bond acceptors (Lipinski definition) is 3. The van der Waals surface area contributed by atoms with E-state index in [0.29, 0.717) is 6.61 Å². The summed E-state index contributed by atoms with van der Waals surface area (Å²) in [6.45, 7) is 8.48. The molecule has 6 heteroatoms. The molecule has 3 nitrogen and oxygen atoms in total. The molecule has 148 valence electrons. The maximum atomic E-state index is 6.98. The second kappa shape index (κ2) is 8.96. The van der Waals surface area contributed by atoms with Gasteiger partial charge in [-0.25, -0.2) is 0 Å². The SMILES string of the molecule is CCO[CH]=[Ru]([Cl])([Cl])=[C]1N(c2ccc(C)cc2)CCCN1c1ccc(C)cc1. The summed E-state index contributed by atoms with van der Waals surface area (Å²) < 4.78 is 6.54. The van der Waals surface area contributed by atoms with E-state index in [1.165, 1.54) is 11.1 Å². The minimum absolute atomic E-state index is 0.560. The minimum atomic E-state index is -3.36. The molecule has 1 aliphatic rings. The summed E-state index contributed by atoms with van der Waals surface area (Å²) in [5.74, 6) is 0. The van der Waals surface area contributed by atoms with E-state index in [1.54, 1.807) is 4.80 Å². The van der Waals surface area contributed by atoms with Crippen molar-refractivity contribution in [3.63, 3.8) is 0 Å². The number of ether oxygens (including phenoxy) is 1. The van der Waals surface area contributed by atoms with Crippen molar-refractivity contribution in [3.8, 4) is 0 Å². The van der Waals surface area contributed by atoms with Crippen LogP contribution in [0, 0.1) is 13.8 Å². The second-order valence-electron chi connectivity index (χ2n) is 6.57. The molecule has 1 saturated heterocycles. The summed E-state index contributed by atoms with van der Waals surface area (Å²) in [6.07, 6.45) is 1.03. The quantitative estimate of drug-likeness (QED) is 0.532. The molecule has 3 rings (SSSR count). The average molecular weight is 494 g/mol. The van der Waals surface area contributed by atoms with Crippen LogP contribution in [0.5, 0.6) is 0 Å². The Labute approximate surface area is 172 Å². The van der Waals surface area contributed by atoms with Gasteiger partial charge in [-0.2, -0.15) is 0 Å². The van der Waals surface area contributed by atoms with Crippen LogP contribution in [0.2, 0.25) is 0 Å². The van der Waals surface area contributed by atoms with E-state index in [-0.39, 0.29) is 0 Å². The molecule has 0 aliphatic carbocycles. The van der Waals surface area contributed by atoms with Crippen molar-refractivity contribution < 1.29 is 16.6 Å². The van der Waals surface area contributed by atoms with Crippen LogP contribution in [-0.2, 0) is 16.6 Å². The van der Waals surface area contributed by atoms with Gasteiger partial charge in [0.2, 0.25) is 0 Å². The zero-order valence-corrected chi connectivity index (χ0v) is 19.2. The number of benzene rings is 2.